The van der Waals surface area contributed by atoms with Crippen molar-refractivity contribution >= 4 is 45.7 Å². The minimum absolute atomic E-state index is 0.148. The number of rotatable bonds is 9. The summed E-state index contributed by atoms with van der Waals surface area (Å²) >= 11 is 2.77. The number of nitrogens with one attached hydrogen (secondary N) is 2. The molecule has 0 fully saturated rings. The molecule has 0 spiro atoms. The van der Waals surface area contributed by atoms with Crippen molar-refractivity contribution < 1.29 is 19.1 Å². The van der Waals surface area contributed by atoms with E-state index in [4.69, 9.17) is 9.47 Å². The molecule has 0 aliphatic rings. The molecule has 0 atom stereocenters. The lowest BCUT2D eigenvalue weighted by Crippen LogP contribution is -2.14. The van der Waals surface area contributed by atoms with E-state index in [1.54, 1.807) is 20.3 Å². The molecule has 4 aromatic rings. The Morgan fingerprint density at radius 2 is 1.69 bits per heavy atom. The molecule has 2 N–H and O–H groups in total. The van der Waals surface area contributed by atoms with Gasteiger partial charge in [-0.15, -0.1) is 23.1 Å². The summed E-state index contributed by atoms with van der Waals surface area (Å²) in [5.74, 6) is 1.20. The molecule has 9 heteroatoms. The van der Waals surface area contributed by atoms with E-state index in [1.807, 2.05) is 73.0 Å². The highest BCUT2D eigenvalue weighted by molar-refractivity contribution is 8.00. The Balaban J connectivity index is 1.29. The number of carbonyl (C=O) groups excluding carboxylic acids is 2. The number of amides is 2. The first-order valence-electron chi connectivity index (χ1n) is 11.0. The normalized spacial score (nSPS) is 10.5. The number of aryl methyl sites for hydroxylation is 1. The summed E-state index contributed by atoms with van der Waals surface area (Å²) in [6.45, 7) is 1.91. The Hall–Kier alpha value is -3.82. The molecular formula is C27H25N3O4S2. The fraction of sp³-hybridized carbons (Fsp3) is 0.148. The highest BCUT2D eigenvalue weighted by Crippen LogP contribution is 2.33. The minimum Gasteiger partial charge on any atom is -0.493 e. The van der Waals surface area contributed by atoms with Crippen molar-refractivity contribution in [3.63, 3.8) is 0 Å². The molecule has 0 unspecified atom stereocenters. The van der Waals surface area contributed by atoms with E-state index in [1.165, 1.54) is 23.1 Å². The first-order valence-corrected chi connectivity index (χ1v) is 12.9. The number of hydrogen-bond donors (Lipinski definition) is 2. The molecule has 7 nitrogen and oxygen atoms in total. The Labute approximate surface area is 217 Å². The van der Waals surface area contributed by atoms with Crippen LogP contribution in [0.1, 0.15) is 15.9 Å². The Morgan fingerprint density at radius 3 is 2.42 bits per heavy atom. The monoisotopic (exact) mass is 519 g/mol. The van der Waals surface area contributed by atoms with Crippen molar-refractivity contribution in [2.75, 3.05) is 30.6 Å². The molecular weight excluding hydrogens is 494 g/mol. The molecule has 184 valence electrons. The summed E-state index contributed by atoms with van der Waals surface area (Å²) in [5, 5.41) is 8.16. The van der Waals surface area contributed by atoms with Gasteiger partial charge in [-0.2, -0.15) is 0 Å². The molecule has 2 amide bonds. The van der Waals surface area contributed by atoms with Crippen molar-refractivity contribution in [1.29, 1.82) is 0 Å². The van der Waals surface area contributed by atoms with Gasteiger partial charge in [0.1, 0.15) is 0 Å². The van der Waals surface area contributed by atoms with E-state index in [0.29, 0.717) is 27.9 Å². The molecule has 0 saturated heterocycles. The molecule has 4 rings (SSSR count). The van der Waals surface area contributed by atoms with Crippen molar-refractivity contribution in [2.45, 2.75) is 11.8 Å². The van der Waals surface area contributed by atoms with Gasteiger partial charge in [-0.3, -0.25) is 9.59 Å². The second-order valence-electron chi connectivity index (χ2n) is 7.74. The number of methoxy groups -OCH3 is 2. The Morgan fingerprint density at radius 1 is 0.944 bits per heavy atom. The van der Waals surface area contributed by atoms with Gasteiger partial charge in [0, 0.05) is 27.1 Å². The van der Waals surface area contributed by atoms with Gasteiger partial charge in [0.05, 0.1) is 25.7 Å². The third kappa shape index (κ3) is 6.24. The summed E-state index contributed by atoms with van der Waals surface area (Å²) in [5.41, 5.74) is 3.87. The molecule has 1 heterocycles. The lowest BCUT2D eigenvalue weighted by Gasteiger charge is -2.08. The zero-order valence-corrected chi connectivity index (χ0v) is 21.7. The zero-order valence-electron chi connectivity index (χ0n) is 20.0. The summed E-state index contributed by atoms with van der Waals surface area (Å²) in [6.07, 6.45) is 0. The number of aromatic nitrogens is 1. The van der Waals surface area contributed by atoms with Crippen LogP contribution < -0.4 is 20.1 Å². The predicted octanol–water partition coefficient (Wildman–Crippen LogP) is 6.12. The number of carbonyl (C=O) groups is 2. The van der Waals surface area contributed by atoms with Crippen LogP contribution in [0.25, 0.3) is 11.3 Å². The topological polar surface area (TPSA) is 89.6 Å². The highest BCUT2D eigenvalue weighted by Gasteiger charge is 2.12. The second kappa shape index (κ2) is 11.7. The Kier molecular flexibility index (Phi) is 8.24. The van der Waals surface area contributed by atoms with E-state index >= 15 is 0 Å². The standard InChI is InChI=1S/C27H25N3O4S2/c1-17-6-4-5-7-21(17)26(32)28-19-9-11-20(12-10-19)35-16-25(31)30-27-29-22(15-36-27)18-8-13-23(33-2)24(14-18)34-3/h4-15H,16H2,1-3H3,(H,28,32)(H,29,30,31). The average molecular weight is 520 g/mol. The maximum Gasteiger partial charge on any atom is 0.255 e. The van der Waals surface area contributed by atoms with Crippen LogP contribution in [-0.2, 0) is 4.79 Å². The summed E-state index contributed by atoms with van der Waals surface area (Å²) in [7, 11) is 3.17. The fourth-order valence-electron chi connectivity index (χ4n) is 3.42. The van der Waals surface area contributed by atoms with Gasteiger partial charge in [-0.25, -0.2) is 4.98 Å². The SMILES string of the molecule is COc1ccc(-c2csc(NC(=O)CSc3ccc(NC(=O)c4ccccc4C)cc3)n2)cc1OC. The first kappa shape index (κ1) is 25.3. The van der Waals surface area contributed by atoms with Gasteiger partial charge in [0.2, 0.25) is 5.91 Å². The Bertz CT molecular complexity index is 1370. The van der Waals surface area contributed by atoms with Crippen molar-refractivity contribution in [2.24, 2.45) is 0 Å². The van der Waals surface area contributed by atoms with Gasteiger partial charge >= 0.3 is 0 Å². The summed E-state index contributed by atoms with van der Waals surface area (Å²) in [6, 6.07) is 20.4. The quantitative estimate of drug-likeness (QED) is 0.259. The van der Waals surface area contributed by atoms with Crippen molar-refractivity contribution in [1.82, 2.24) is 4.98 Å². The number of anilines is 2. The van der Waals surface area contributed by atoms with Crippen LogP contribution >= 0.6 is 23.1 Å². The predicted molar refractivity (Wildman–Crippen MR) is 146 cm³/mol. The molecule has 0 aliphatic heterocycles. The smallest absolute Gasteiger partial charge is 0.255 e. The zero-order chi connectivity index (χ0) is 25.5. The third-order valence-electron chi connectivity index (χ3n) is 5.30. The van der Waals surface area contributed by atoms with E-state index in [-0.39, 0.29) is 17.6 Å². The lowest BCUT2D eigenvalue weighted by molar-refractivity contribution is -0.113. The van der Waals surface area contributed by atoms with E-state index < -0.39 is 0 Å². The number of thioether (sulfide) groups is 1. The molecule has 0 bridgehead atoms. The largest absolute Gasteiger partial charge is 0.493 e. The van der Waals surface area contributed by atoms with E-state index in [2.05, 4.69) is 15.6 Å². The van der Waals surface area contributed by atoms with E-state index in [9.17, 15) is 9.59 Å². The summed E-state index contributed by atoms with van der Waals surface area (Å²) < 4.78 is 10.6. The van der Waals surface area contributed by atoms with Gasteiger partial charge < -0.3 is 20.1 Å². The number of ether oxygens (including phenoxy) is 2. The second-order valence-corrected chi connectivity index (χ2v) is 9.64. The molecule has 0 aliphatic carbocycles. The van der Waals surface area contributed by atoms with Crippen LogP contribution in [0.5, 0.6) is 11.5 Å². The van der Waals surface area contributed by atoms with Crippen LogP contribution in [-0.4, -0.2) is 36.8 Å². The van der Waals surface area contributed by atoms with Gasteiger partial charge in [-0.05, 0) is 61.0 Å². The van der Waals surface area contributed by atoms with Crippen molar-refractivity contribution in [3.05, 3.63) is 83.2 Å². The number of benzene rings is 3. The van der Waals surface area contributed by atoms with Crippen LogP contribution in [0.3, 0.4) is 0 Å². The van der Waals surface area contributed by atoms with Crippen molar-refractivity contribution in [3.8, 4) is 22.8 Å². The molecule has 3 aromatic carbocycles. The van der Waals surface area contributed by atoms with Gasteiger partial charge in [0.15, 0.2) is 16.6 Å². The highest BCUT2D eigenvalue weighted by atomic mass is 32.2. The van der Waals surface area contributed by atoms with Crippen LogP contribution in [0.2, 0.25) is 0 Å². The van der Waals surface area contributed by atoms with Gasteiger partial charge in [0.25, 0.3) is 5.91 Å². The maximum absolute atomic E-state index is 12.5. The maximum atomic E-state index is 12.5. The number of thiazole rings is 1. The summed E-state index contributed by atoms with van der Waals surface area (Å²) in [4.78, 5) is 30.4. The molecule has 0 saturated carbocycles. The van der Waals surface area contributed by atoms with Crippen LogP contribution in [0, 0.1) is 6.92 Å². The molecule has 0 radical (unpaired) electrons. The van der Waals surface area contributed by atoms with Crippen LogP contribution in [0.4, 0.5) is 10.8 Å². The minimum atomic E-state index is -0.149. The lowest BCUT2D eigenvalue weighted by atomic mass is 10.1. The number of nitrogens with zero attached hydrogens (tertiary/aromatic N) is 1. The number of hydrogen-bond acceptors (Lipinski definition) is 7. The van der Waals surface area contributed by atoms with Gasteiger partial charge in [-0.1, -0.05) is 18.2 Å². The molecule has 36 heavy (non-hydrogen) atoms. The fourth-order valence-corrected chi connectivity index (χ4v) is 4.86. The average Bonchev–Trinajstić information content (AvgIpc) is 3.36. The first-order chi connectivity index (χ1) is 17.5. The third-order valence-corrected chi connectivity index (χ3v) is 7.07. The molecule has 1 aromatic heterocycles. The van der Waals surface area contributed by atoms with E-state index in [0.717, 1.165) is 21.7 Å². The van der Waals surface area contributed by atoms with Crippen LogP contribution in [0.15, 0.2) is 77.0 Å².